The van der Waals surface area contributed by atoms with E-state index in [1.165, 1.54) is 18.3 Å². The first-order chi connectivity index (χ1) is 13.8. The summed E-state index contributed by atoms with van der Waals surface area (Å²) in [5.74, 6) is 0.162. The molecule has 0 saturated carbocycles. The Balaban J connectivity index is 1.59. The molecule has 4 rings (SSSR count). The predicted molar refractivity (Wildman–Crippen MR) is 103 cm³/mol. The van der Waals surface area contributed by atoms with Gasteiger partial charge in [-0.3, -0.25) is 4.79 Å². The van der Waals surface area contributed by atoms with Crippen molar-refractivity contribution in [1.82, 2.24) is 9.97 Å². The van der Waals surface area contributed by atoms with Crippen LogP contribution >= 0.6 is 0 Å². The van der Waals surface area contributed by atoms with Crippen LogP contribution < -0.4 is 5.32 Å². The number of rotatable bonds is 3. The highest BCUT2D eigenvalue weighted by Crippen LogP contribution is 2.33. The number of aromatic nitrogens is 2. The summed E-state index contributed by atoms with van der Waals surface area (Å²) in [7, 11) is 0. The molecule has 1 heterocycles. The van der Waals surface area contributed by atoms with Crippen molar-refractivity contribution in [2.75, 3.05) is 5.32 Å². The number of ketones is 1. The molecule has 148 valence electrons. The van der Waals surface area contributed by atoms with E-state index in [9.17, 15) is 18.0 Å². The normalized spacial score (nSPS) is 16.4. The van der Waals surface area contributed by atoms with E-state index in [4.69, 9.17) is 0 Å². The first-order valence-electron chi connectivity index (χ1n) is 9.19. The molecule has 7 heteroatoms. The van der Waals surface area contributed by atoms with E-state index in [1.807, 2.05) is 31.2 Å². The maximum Gasteiger partial charge on any atom is 0.416 e. The van der Waals surface area contributed by atoms with Crippen molar-refractivity contribution in [2.24, 2.45) is 0 Å². The van der Waals surface area contributed by atoms with Gasteiger partial charge < -0.3 is 5.32 Å². The number of fused-ring (bicyclic) bond motifs is 1. The van der Waals surface area contributed by atoms with Crippen molar-refractivity contribution in [1.29, 1.82) is 0 Å². The Morgan fingerprint density at radius 2 is 1.83 bits per heavy atom. The van der Waals surface area contributed by atoms with Crippen molar-refractivity contribution < 1.29 is 18.0 Å². The molecule has 0 fully saturated rings. The number of benzene rings is 2. The van der Waals surface area contributed by atoms with Crippen LogP contribution in [-0.4, -0.2) is 15.8 Å². The Bertz CT molecular complexity index is 1060. The maximum atomic E-state index is 12.9. The quantitative estimate of drug-likeness (QED) is 0.638. The number of nitrogens with one attached hydrogen (secondary N) is 1. The minimum Gasteiger partial charge on any atom is -0.324 e. The summed E-state index contributed by atoms with van der Waals surface area (Å²) in [6, 6.07) is 12.9. The lowest BCUT2D eigenvalue weighted by Gasteiger charge is -2.23. The van der Waals surface area contributed by atoms with E-state index in [0.717, 1.165) is 23.3 Å². The lowest BCUT2D eigenvalue weighted by Crippen LogP contribution is -2.21. The van der Waals surface area contributed by atoms with Gasteiger partial charge in [0.05, 0.1) is 16.8 Å². The molecule has 1 aliphatic rings. The minimum absolute atomic E-state index is 0.0203. The number of carbonyl (C=O) groups is 1. The molecule has 29 heavy (non-hydrogen) atoms. The van der Waals surface area contributed by atoms with E-state index in [1.54, 1.807) is 0 Å². The summed E-state index contributed by atoms with van der Waals surface area (Å²) < 4.78 is 38.7. The molecule has 1 aliphatic carbocycles. The Morgan fingerprint density at radius 1 is 1.07 bits per heavy atom. The Kier molecular flexibility index (Phi) is 4.82. The van der Waals surface area contributed by atoms with Gasteiger partial charge in [-0.05, 0) is 43.0 Å². The van der Waals surface area contributed by atoms with Crippen molar-refractivity contribution in [3.63, 3.8) is 0 Å². The van der Waals surface area contributed by atoms with Gasteiger partial charge in [0, 0.05) is 18.3 Å². The van der Waals surface area contributed by atoms with Gasteiger partial charge in [0.2, 0.25) is 5.95 Å². The Hall–Kier alpha value is -3.22. The average Bonchev–Trinajstić information content (AvgIpc) is 2.68. The van der Waals surface area contributed by atoms with E-state index in [2.05, 4.69) is 15.3 Å². The smallest absolute Gasteiger partial charge is 0.324 e. The number of hydrogen-bond acceptors (Lipinski definition) is 4. The second kappa shape index (κ2) is 7.31. The first-order valence-corrected chi connectivity index (χ1v) is 9.19. The molecule has 4 nitrogen and oxygen atoms in total. The molecular weight excluding hydrogens is 379 g/mol. The topological polar surface area (TPSA) is 54.9 Å². The van der Waals surface area contributed by atoms with Gasteiger partial charge in [-0.15, -0.1) is 0 Å². The fraction of sp³-hybridized carbons (Fsp3) is 0.227. The molecule has 2 aromatic carbocycles. The molecule has 1 aromatic heterocycles. The van der Waals surface area contributed by atoms with Crippen LogP contribution in [-0.2, 0) is 12.6 Å². The van der Waals surface area contributed by atoms with Crippen LogP contribution in [0.4, 0.5) is 24.8 Å². The standard InChI is InChI=1S/C22H18F3N3O/c1-13-5-7-14(8-6-13)15-9-19-18(20(29)10-15)12-26-21(28-19)27-17-4-2-3-16(11-17)22(23,24)25/h2-8,11-12,15H,9-10H2,1H3,(H,26,27,28). The molecule has 0 radical (unpaired) electrons. The molecular formula is C22H18F3N3O. The van der Waals surface area contributed by atoms with Gasteiger partial charge in [0.25, 0.3) is 0 Å². The lowest BCUT2D eigenvalue weighted by molar-refractivity contribution is -0.137. The maximum absolute atomic E-state index is 12.9. The molecule has 1 atom stereocenters. The third-order valence-electron chi connectivity index (χ3n) is 5.03. The second-order valence-corrected chi connectivity index (χ2v) is 7.20. The van der Waals surface area contributed by atoms with Gasteiger partial charge in [-0.1, -0.05) is 35.9 Å². The molecule has 0 spiro atoms. The molecule has 0 saturated heterocycles. The molecule has 0 bridgehead atoms. The highest BCUT2D eigenvalue weighted by Gasteiger charge is 2.31. The molecule has 3 aromatic rings. The molecule has 1 N–H and O–H groups in total. The third kappa shape index (κ3) is 4.13. The van der Waals surface area contributed by atoms with E-state index in [-0.39, 0.29) is 23.3 Å². The van der Waals surface area contributed by atoms with Crippen LogP contribution in [0.5, 0.6) is 0 Å². The van der Waals surface area contributed by atoms with Crippen LogP contribution in [0.1, 0.15) is 45.1 Å². The zero-order chi connectivity index (χ0) is 20.6. The van der Waals surface area contributed by atoms with Gasteiger partial charge >= 0.3 is 6.18 Å². The minimum atomic E-state index is -4.43. The summed E-state index contributed by atoms with van der Waals surface area (Å²) in [6.45, 7) is 2.00. The number of alkyl halides is 3. The summed E-state index contributed by atoms with van der Waals surface area (Å²) in [6.07, 6.45) is -2.02. The van der Waals surface area contributed by atoms with Crippen molar-refractivity contribution in [3.8, 4) is 0 Å². The Labute approximate surface area is 165 Å². The largest absolute Gasteiger partial charge is 0.416 e. The van der Waals surface area contributed by atoms with Gasteiger partial charge in [0.15, 0.2) is 5.78 Å². The third-order valence-corrected chi connectivity index (χ3v) is 5.03. The molecule has 1 unspecified atom stereocenters. The fourth-order valence-corrected chi connectivity index (χ4v) is 3.48. The zero-order valence-corrected chi connectivity index (χ0v) is 15.6. The van der Waals surface area contributed by atoms with Crippen LogP contribution in [0.25, 0.3) is 0 Å². The summed E-state index contributed by atoms with van der Waals surface area (Å²) in [5, 5.41) is 2.81. The molecule has 0 aliphatic heterocycles. The van der Waals surface area contributed by atoms with Gasteiger partial charge in [-0.2, -0.15) is 13.2 Å². The Morgan fingerprint density at radius 3 is 2.55 bits per heavy atom. The summed E-state index contributed by atoms with van der Waals surface area (Å²) in [4.78, 5) is 21.1. The number of aryl methyl sites for hydroxylation is 1. The molecule has 0 amide bonds. The lowest BCUT2D eigenvalue weighted by atomic mass is 9.82. The monoisotopic (exact) mass is 397 g/mol. The van der Waals surface area contributed by atoms with Crippen molar-refractivity contribution >= 4 is 17.4 Å². The van der Waals surface area contributed by atoms with Crippen molar-refractivity contribution in [3.05, 3.63) is 82.7 Å². The predicted octanol–water partition coefficient (Wildman–Crippen LogP) is 5.46. The zero-order valence-electron chi connectivity index (χ0n) is 15.6. The number of halogens is 3. The number of anilines is 2. The van der Waals surface area contributed by atoms with Crippen LogP contribution in [0.3, 0.4) is 0 Å². The average molecular weight is 397 g/mol. The van der Waals surface area contributed by atoms with Gasteiger partial charge in [-0.25, -0.2) is 9.97 Å². The van der Waals surface area contributed by atoms with Crippen LogP contribution in [0.15, 0.2) is 54.7 Å². The number of Topliss-reactive ketones (excluding diaryl/α,β-unsaturated/α-hetero) is 1. The number of nitrogens with zero attached hydrogens (tertiary/aromatic N) is 2. The number of carbonyl (C=O) groups excluding carboxylic acids is 1. The van der Waals surface area contributed by atoms with Crippen LogP contribution in [0.2, 0.25) is 0 Å². The summed E-state index contributed by atoms with van der Waals surface area (Å²) in [5.41, 5.74) is 2.78. The van der Waals surface area contributed by atoms with Crippen LogP contribution in [0, 0.1) is 6.92 Å². The van der Waals surface area contributed by atoms with Crippen molar-refractivity contribution in [2.45, 2.75) is 31.9 Å². The highest BCUT2D eigenvalue weighted by molar-refractivity contribution is 5.98. The van der Waals surface area contributed by atoms with E-state index < -0.39 is 11.7 Å². The van der Waals surface area contributed by atoms with Gasteiger partial charge in [0.1, 0.15) is 0 Å². The first kappa shape index (κ1) is 19.1. The SMILES string of the molecule is Cc1ccc(C2CC(=O)c3cnc(Nc4cccc(C(F)(F)F)c4)nc3C2)cc1. The fourth-order valence-electron chi connectivity index (χ4n) is 3.48. The summed E-state index contributed by atoms with van der Waals surface area (Å²) >= 11 is 0. The van der Waals surface area contributed by atoms with E-state index in [0.29, 0.717) is 24.1 Å². The van der Waals surface area contributed by atoms with E-state index >= 15 is 0 Å². The second-order valence-electron chi connectivity index (χ2n) is 7.20. The highest BCUT2D eigenvalue weighted by atomic mass is 19.4. The number of hydrogen-bond donors (Lipinski definition) is 1.